The molecule has 14 heavy (non-hydrogen) atoms. The molecule has 76 valence electrons. The van der Waals surface area contributed by atoms with Crippen molar-refractivity contribution < 1.29 is 18.3 Å². The van der Waals surface area contributed by atoms with Crippen LogP contribution >= 0.6 is 0 Å². The van der Waals surface area contributed by atoms with Crippen molar-refractivity contribution in [1.82, 2.24) is 0 Å². The van der Waals surface area contributed by atoms with E-state index in [9.17, 15) is 8.78 Å². The molecule has 0 atom stereocenters. The van der Waals surface area contributed by atoms with Crippen molar-refractivity contribution in [2.75, 3.05) is 6.79 Å². The average Bonchev–Trinajstić information content (AvgIpc) is 2.63. The molecule has 2 rings (SSSR count). The Hall–Kier alpha value is -1.32. The van der Waals surface area contributed by atoms with E-state index >= 15 is 0 Å². The lowest BCUT2D eigenvalue weighted by atomic mass is 10.1. The van der Waals surface area contributed by atoms with Crippen LogP contribution in [0.15, 0.2) is 6.07 Å². The first-order valence-corrected chi connectivity index (χ1v) is 4.50. The van der Waals surface area contributed by atoms with Gasteiger partial charge in [-0.1, -0.05) is 13.3 Å². The van der Waals surface area contributed by atoms with Crippen LogP contribution in [0, 0.1) is 11.6 Å². The zero-order valence-corrected chi connectivity index (χ0v) is 7.77. The first-order chi connectivity index (χ1) is 6.74. The van der Waals surface area contributed by atoms with E-state index < -0.39 is 11.6 Å². The van der Waals surface area contributed by atoms with E-state index in [2.05, 4.69) is 0 Å². The van der Waals surface area contributed by atoms with E-state index in [0.717, 1.165) is 6.42 Å². The van der Waals surface area contributed by atoms with Crippen molar-refractivity contribution in [3.05, 3.63) is 23.3 Å². The fourth-order valence-electron chi connectivity index (χ4n) is 1.50. The summed E-state index contributed by atoms with van der Waals surface area (Å²) < 4.78 is 36.5. The van der Waals surface area contributed by atoms with E-state index in [1.165, 1.54) is 6.07 Å². The fourth-order valence-corrected chi connectivity index (χ4v) is 1.50. The Morgan fingerprint density at radius 1 is 1.29 bits per heavy atom. The number of halogens is 2. The minimum atomic E-state index is -0.553. The lowest BCUT2D eigenvalue weighted by Crippen LogP contribution is -1.95. The summed E-state index contributed by atoms with van der Waals surface area (Å²) in [7, 11) is 0. The number of hydrogen-bond acceptors (Lipinski definition) is 2. The molecule has 0 saturated carbocycles. The summed E-state index contributed by atoms with van der Waals surface area (Å²) in [6, 6.07) is 1.17. The van der Waals surface area contributed by atoms with E-state index in [1.807, 2.05) is 6.92 Å². The van der Waals surface area contributed by atoms with Crippen molar-refractivity contribution in [3.8, 4) is 11.5 Å². The molecule has 0 fully saturated rings. The number of fused-ring (bicyclic) bond motifs is 1. The van der Waals surface area contributed by atoms with E-state index in [1.54, 1.807) is 0 Å². The van der Waals surface area contributed by atoms with Gasteiger partial charge in [-0.25, -0.2) is 8.78 Å². The van der Waals surface area contributed by atoms with Gasteiger partial charge in [0.05, 0.1) is 0 Å². The van der Waals surface area contributed by atoms with Crippen LogP contribution in [-0.4, -0.2) is 6.79 Å². The summed E-state index contributed by atoms with van der Waals surface area (Å²) in [4.78, 5) is 0. The van der Waals surface area contributed by atoms with Gasteiger partial charge >= 0.3 is 0 Å². The number of hydrogen-bond donors (Lipinski definition) is 0. The normalized spacial score (nSPS) is 13.4. The number of rotatable bonds is 2. The van der Waals surface area contributed by atoms with Gasteiger partial charge < -0.3 is 9.47 Å². The molecule has 1 aliphatic heterocycles. The Morgan fingerprint density at radius 2 is 2.00 bits per heavy atom. The summed E-state index contributed by atoms with van der Waals surface area (Å²) in [6.07, 6.45) is 1.26. The SMILES string of the molecule is CCCc1cc(F)c2c(c1F)OCO2. The first kappa shape index (κ1) is 9.24. The number of aryl methyl sites for hydroxylation is 1. The van der Waals surface area contributed by atoms with Gasteiger partial charge in [-0.05, 0) is 18.1 Å². The molecule has 0 saturated heterocycles. The van der Waals surface area contributed by atoms with Gasteiger partial charge in [-0.3, -0.25) is 0 Å². The third-order valence-corrected chi connectivity index (χ3v) is 2.13. The van der Waals surface area contributed by atoms with Gasteiger partial charge in [0.15, 0.2) is 11.6 Å². The topological polar surface area (TPSA) is 18.5 Å². The van der Waals surface area contributed by atoms with E-state index in [0.29, 0.717) is 12.0 Å². The van der Waals surface area contributed by atoms with Crippen molar-refractivity contribution in [2.45, 2.75) is 19.8 Å². The van der Waals surface area contributed by atoms with Crippen LogP contribution in [0.4, 0.5) is 8.78 Å². The van der Waals surface area contributed by atoms with E-state index in [4.69, 9.17) is 9.47 Å². The molecule has 0 unspecified atom stereocenters. The number of ether oxygens (including phenoxy) is 2. The highest BCUT2D eigenvalue weighted by Crippen LogP contribution is 2.39. The van der Waals surface area contributed by atoms with Crippen molar-refractivity contribution >= 4 is 0 Å². The van der Waals surface area contributed by atoms with E-state index in [-0.39, 0.29) is 18.3 Å². The summed E-state index contributed by atoms with van der Waals surface area (Å²) in [5, 5.41) is 0. The van der Waals surface area contributed by atoms with Crippen LogP contribution in [0.1, 0.15) is 18.9 Å². The molecule has 0 N–H and O–H groups in total. The zero-order valence-electron chi connectivity index (χ0n) is 7.77. The van der Waals surface area contributed by atoms with Crippen molar-refractivity contribution in [3.63, 3.8) is 0 Å². The van der Waals surface area contributed by atoms with Crippen LogP contribution in [0.2, 0.25) is 0 Å². The van der Waals surface area contributed by atoms with Crippen LogP contribution in [0.5, 0.6) is 11.5 Å². The van der Waals surface area contributed by atoms with Crippen LogP contribution < -0.4 is 9.47 Å². The Labute approximate surface area is 80.4 Å². The third-order valence-electron chi connectivity index (χ3n) is 2.13. The standard InChI is InChI=1S/C10H10F2O2/c1-2-3-6-4-7(11)9-10(8(6)12)14-5-13-9/h4H,2-3,5H2,1H3. The van der Waals surface area contributed by atoms with Gasteiger partial charge in [-0.2, -0.15) is 0 Å². The zero-order chi connectivity index (χ0) is 10.1. The molecule has 4 heteroatoms. The highest BCUT2D eigenvalue weighted by atomic mass is 19.1. The fraction of sp³-hybridized carbons (Fsp3) is 0.400. The maximum Gasteiger partial charge on any atom is 0.231 e. The van der Waals surface area contributed by atoms with Gasteiger partial charge in [0.2, 0.25) is 18.3 Å². The predicted molar refractivity (Wildman–Crippen MR) is 46.5 cm³/mol. The van der Waals surface area contributed by atoms with Crippen LogP contribution in [-0.2, 0) is 6.42 Å². The Kier molecular flexibility index (Phi) is 2.27. The third kappa shape index (κ3) is 1.31. The molecule has 0 bridgehead atoms. The van der Waals surface area contributed by atoms with Gasteiger partial charge in [0, 0.05) is 0 Å². The van der Waals surface area contributed by atoms with Crippen LogP contribution in [0.3, 0.4) is 0 Å². The number of benzene rings is 1. The highest BCUT2D eigenvalue weighted by Gasteiger charge is 2.25. The lowest BCUT2D eigenvalue weighted by Gasteiger charge is -2.05. The molecular weight excluding hydrogens is 190 g/mol. The summed E-state index contributed by atoms with van der Waals surface area (Å²) in [6.45, 7) is 1.79. The molecule has 1 heterocycles. The Morgan fingerprint density at radius 3 is 2.71 bits per heavy atom. The molecule has 0 radical (unpaired) electrons. The molecule has 0 aromatic heterocycles. The Balaban J connectivity index is 2.50. The van der Waals surface area contributed by atoms with Gasteiger partial charge in [-0.15, -0.1) is 0 Å². The average molecular weight is 200 g/mol. The molecule has 2 nitrogen and oxygen atoms in total. The highest BCUT2D eigenvalue weighted by molar-refractivity contribution is 5.47. The molecule has 1 aromatic rings. The summed E-state index contributed by atoms with van der Waals surface area (Å²) in [5.74, 6) is -1.25. The second-order valence-corrected chi connectivity index (χ2v) is 3.15. The van der Waals surface area contributed by atoms with Crippen molar-refractivity contribution in [2.24, 2.45) is 0 Å². The monoisotopic (exact) mass is 200 g/mol. The summed E-state index contributed by atoms with van der Waals surface area (Å²) >= 11 is 0. The molecule has 0 spiro atoms. The maximum absolute atomic E-state index is 13.6. The minimum Gasteiger partial charge on any atom is -0.450 e. The first-order valence-electron chi connectivity index (χ1n) is 4.50. The largest absolute Gasteiger partial charge is 0.450 e. The predicted octanol–water partition coefficient (Wildman–Crippen LogP) is 2.65. The molecule has 1 aliphatic rings. The maximum atomic E-state index is 13.6. The van der Waals surface area contributed by atoms with Gasteiger partial charge in [0.1, 0.15) is 0 Å². The van der Waals surface area contributed by atoms with Crippen LogP contribution in [0.25, 0.3) is 0 Å². The molecule has 0 amide bonds. The Bertz CT molecular complexity index is 364. The summed E-state index contributed by atoms with van der Waals surface area (Å²) in [5.41, 5.74) is 0.342. The minimum absolute atomic E-state index is 0.0894. The molecular formula is C10H10F2O2. The lowest BCUT2D eigenvalue weighted by molar-refractivity contribution is 0.168. The molecule has 0 aliphatic carbocycles. The second kappa shape index (κ2) is 3.44. The quantitative estimate of drug-likeness (QED) is 0.730. The smallest absolute Gasteiger partial charge is 0.231 e. The second-order valence-electron chi connectivity index (χ2n) is 3.15. The molecule has 1 aromatic carbocycles. The van der Waals surface area contributed by atoms with Gasteiger partial charge in [0.25, 0.3) is 0 Å². The van der Waals surface area contributed by atoms with Crippen molar-refractivity contribution in [1.29, 1.82) is 0 Å².